The molecule has 4 aromatic rings. The first-order valence-electron chi connectivity index (χ1n) is 13.0. The molecule has 2 bridgehead atoms. The van der Waals surface area contributed by atoms with Crippen LogP contribution in [0, 0.1) is 12.3 Å². The zero-order valence-corrected chi connectivity index (χ0v) is 22.0. The third-order valence-electron chi connectivity index (χ3n) is 7.79. The molecule has 2 saturated heterocycles. The third kappa shape index (κ3) is 4.12. The van der Waals surface area contributed by atoms with E-state index in [0.29, 0.717) is 24.6 Å². The number of carbonyl (C=O) groups excluding carboxylic acids is 3. The number of H-pyrrole nitrogens is 2. The second-order valence-corrected chi connectivity index (χ2v) is 11.6. The van der Waals surface area contributed by atoms with Gasteiger partial charge in [0.15, 0.2) is 5.82 Å². The molecule has 0 spiro atoms. The van der Waals surface area contributed by atoms with Crippen molar-refractivity contribution in [1.29, 1.82) is 0 Å². The van der Waals surface area contributed by atoms with Crippen molar-refractivity contribution in [2.75, 3.05) is 13.1 Å². The number of fused-ring (bicyclic) bond motifs is 4. The van der Waals surface area contributed by atoms with Crippen LogP contribution in [0.2, 0.25) is 0 Å². The summed E-state index contributed by atoms with van der Waals surface area (Å²) in [6, 6.07) is 14.5. The minimum atomic E-state index is -0.706. The highest BCUT2D eigenvalue weighted by Crippen LogP contribution is 2.34. The number of carbonyl (C=O) groups is 3. The molecule has 9 nitrogen and oxygen atoms in total. The average Bonchev–Trinajstić information content (AvgIpc) is 3.66. The first-order chi connectivity index (χ1) is 18.1. The van der Waals surface area contributed by atoms with E-state index in [4.69, 9.17) is 0 Å². The number of aryl methyl sites for hydroxylation is 1. The van der Waals surface area contributed by atoms with Crippen molar-refractivity contribution in [3.05, 3.63) is 65.6 Å². The maximum Gasteiger partial charge on any atom is 0.290 e. The number of aromatic nitrogens is 3. The number of aromatic amines is 2. The van der Waals surface area contributed by atoms with Crippen LogP contribution < -0.4 is 5.32 Å². The number of hydrogen-bond acceptors (Lipinski definition) is 4. The minimum absolute atomic E-state index is 0.0714. The van der Waals surface area contributed by atoms with E-state index in [0.717, 1.165) is 33.9 Å². The van der Waals surface area contributed by atoms with Crippen LogP contribution in [0.1, 0.15) is 53.9 Å². The van der Waals surface area contributed by atoms with Gasteiger partial charge in [-0.1, -0.05) is 45.0 Å². The van der Waals surface area contributed by atoms with Gasteiger partial charge in [0.05, 0.1) is 23.1 Å². The van der Waals surface area contributed by atoms with Crippen LogP contribution in [-0.4, -0.2) is 73.7 Å². The lowest BCUT2D eigenvalue weighted by atomic mass is 9.85. The van der Waals surface area contributed by atoms with Gasteiger partial charge in [-0.25, -0.2) is 4.98 Å². The smallest absolute Gasteiger partial charge is 0.290 e. The fourth-order valence-electron chi connectivity index (χ4n) is 5.76. The second kappa shape index (κ2) is 8.72. The standard InChI is InChI=1S/C29H32N6O3/c1-16-9-10-17-12-23(30-22(17)11-16)26(36)33-24(29(2,3)4)27(37)34-14-19-13-18(34)15-35(19)28(38)25-31-20-7-5-6-8-21(20)32-25/h5-12,18-19,24,30H,13-15H2,1-4H3,(H,31,32)(H,33,36)/t18-,19-,24+/m0/s1. The Balaban J connectivity index is 1.17. The lowest BCUT2D eigenvalue weighted by molar-refractivity contribution is -0.138. The summed E-state index contributed by atoms with van der Waals surface area (Å²) >= 11 is 0. The minimum Gasteiger partial charge on any atom is -0.351 e. The predicted molar refractivity (Wildman–Crippen MR) is 145 cm³/mol. The molecule has 3 atom stereocenters. The van der Waals surface area contributed by atoms with Gasteiger partial charge in [0.1, 0.15) is 11.7 Å². The molecule has 0 aliphatic carbocycles. The fourth-order valence-corrected chi connectivity index (χ4v) is 5.76. The Morgan fingerprint density at radius 1 is 0.974 bits per heavy atom. The molecule has 2 fully saturated rings. The van der Waals surface area contributed by atoms with Crippen molar-refractivity contribution in [3.63, 3.8) is 0 Å². The molecular weight excluding hydrogens is 480 g/mol. The monoisotopic (exact) mass is 512 g/mol. The molecule has 196 valence electrons. The van der Waals surface area contributed by atoms with Crippen LogP contribution in [-0.2, 0) is 4.79 Å². The van der Waals surface area contributed by atoms with Crippen molar-refractivity contribution in [2.45, 2.75) is 52.2 Å². The largest absolute Gasteiger partial charge is 0.351 e. The van der Waals surface area contributed by atoms with Crippen LogP contribution >= 0.6 is 0 Å². The Kier molecular flexibility index (Phi) is 5.55. The summed E-state index contributed by atoms with van der Waals surface area (Å²) < 4.78 is 0. The summed E-state index contributed by atoms with van der Waals surface area (Å²) in [4.78, 5) is 54.7. The molecule has 4 heterocycles. The zero-order chi connectivity index (χ0) is 26.8. The zero-order valence-electron chi connectivity index (χ0n) is 22.0. The molecule has 2 aromatic carbocycles. The number of nitrogens with zero attached hydrogens (tertiary/aromatic N) is 3. The number of para-hydroxylation sites is 2. The summed E-state index contributed by atoms with van der Waals surface area (Å²) in [7, 11) is 0. The molecule has 2 aliphatic rings. The van der Waals surface area contributed by atoms with E-state index in [1.165, 1.54) is 0 Å². The molecule has 0 unspecified atom stereocenters. The summed E-state index contributed by atoms with van der Waals surface area (Å²) in [5.74, 6) is -0.236. The Hall–Kier alpha value is -4.14. The number of benzene rings is 2. The second-order valence-electron chi connectivity index (χ2n) is 11.6. The number of imidazole rings is 1. The molecule has 2 aliphatic heterocycles. The van der Waals surface area contributed by atoms with Crippen molar-refractivity contribution >= 4 is 39.7 Å². The van der Waals surface area contributed by atoms with E-state index in [-0.39, 0.29) is 29.8 Å². The van der Waals surface area contributed by atoms with E-state index in [9.17, 15) is 14.4 Å². The number of piperazine rings is 1. The third-order valence-corrected chi connectivity index (χ3v) is 7.79. The van der Waals surface area contributed by atoms with Crippen LogP contribution in [0.15, 0.2) is 48.5 Å². The highest BCUT2D eigenvalue weighted by Gasteiger charge is 2.50. The van der Waals surface area contributed by atoms with Gasteiger partial charge < -0.3 is 25.1 Å². The maximum atomic E-state index is 13.8. The molecule has 0 radical (unpaired) electrons. The van der Waals surface area contributed by atoms with Crippen LogP contribution in [0.4, 0.5) is 0 Å². The first kappa shape index (κ1) is 24.2. The number of likely N-dealkylation sites (tertiary alicyclic amines) is 2. The molecular formula is C29H32N6O3. The van der Waals surface area contributed by atoms with Gasteiger partial charge in [0, 0.05) is 24.0 Å². The summed E-state index contributed by atoms with van der Waals surface area (Å²) in [5, 5.41) is 3.95. The molecule has 3 amide bonds. The molecule has 38 heavy (non-hydrogen) atoms. The van der Waals surface area contributed by atoms with Gasteiger partial charge in [-0.3, -0.25) is 14.4 Å². The predicted octanol–water partition coefficient (Wildman–Crippen LogP) is 3.62. The summed E-state index contributed by atoms with van der Waals surface area (Å²) in [5.41, 5.74) is 3.50. The van der Waals surface area contributed by atoms with Crippen LogP contribution in [0.5, 0.6) is 0 Å². The summed E-state index contributed by atoms with van der Waals surface area (Å²) in [6.07, 6.45) is 0.726. The van der Waals surface area contributed by atoms with Crippen molar-refractivity contribution in [2.24, 2.45) is 5.41 Å². The number of hydrogen-bond donors (Lipinski definition) is 3. The molecule has 6 rings (SSSR count). The van der Waals surface area contributed by atoms with Gasteiger partial charge in [0.25, 0.3) is 11.8 Å². The quantitative estimate of drug-likeness (QED) is 0.387. The van der Waals surface area contributed by atoms with Gasteiger partial charge in [-0.15, -0.1) is 0 Å². The molecule has 9 heteroatoms. The number of amides is 3. The van der Waals surface area contributed by atoms with Crippen LogP contribution in [0.25, 0.3) is 21.9 Å². The SMILES string of the molecule is Cc1ccc2cc(C(=O)N[C@H](C(=O)N3C[C@@H]4C[C@H]3CN4C(=O)c3nc4ccccc4[nH]3)C(C)(C)C)[nH]c2c1. The Bertz CT molecular complexity index is 1540. The number of nitrogens with one attached hydrogen (secondary N) is 3. The van der Waals surface area contributed by atoms with E-state index in [1.54, 1.807) is 0 Å². The van der Waals surface area contributed by atoms with Gasteiger partial charge in [-0.05, 0) is 48.6 Å². The average molecular weight is 513 g/mol. The van der Waals surface area contributed by atoms with E-state index in [1.807, 2.05) is 86.0 Å². The van der Waals surface area contributed by atoms with Gasteiger partial charge in [-0.2, -0.15) is 0 Å². The Morgan fingerprint density at radius 3 is 2.42 bits per heavy atom. The number of rotatable bonds is 4. The van der Waals surface area contributed by atoms with Crippen molar-refractivity contribution in [3.8, 4) is 0 Å². The Labute approximate surface area is 220 Å². The van der Waals surface area contributed by atoms with Crippen molar-refractivity contribution in [1.82, 2.24) is 30.1 Å². The van der Waals surface area contributed by atoms with Gasteiger partial charge >= 0.3 is 0 Å². The van der Waals surface area contributed by atoms with Crippen molar-refractivity contribution < 1.29 is 14.4 Å². The topological polar surface area (TPSA) is 114 Å². The molecule has 0 saturated carbocycles. The highest BCUT2D eigenvalue weighted by molar-refractivity contribution is 6.00. The Morgan fingerprint density at radius 2 is 1.71 bits per heavy atom. The van der Waals surface area contributed by atoms with E-state index in [2.05, 4.69) is 20.3 Å². The lowest BCUT2D eigenvalue weighted by Crippen LogP contribution is -2.59. The van der Waals surface area contributed by atoms with Gasteiger partial charge in [0.2, 0.25) is 5.91 Å². The maximum absolute atomic E-state index is 13.8. The fraction of sp³-hybridized carbons (Fsp3) is 0.379. The molecule has 2 aromatic heterocycles. The first-order valence-corrected chi connectivity index (χ1v) is 13.0. The van der Waals surface area contributed by atoms with Crippen LogP contribution in [0.3, 0.4) is 0 Å². The highest BCUT2D eigenvalue weighted by atomic mass is 16.2. The van der Waals surface area contributed by atoms with E-state index < -0.39 is 11.5 Å². The summed E-state index contributed by atoms with van der Waals surface area (Å²) in [6.45, 7) is 8.77. The lowest BCUT2D eigenvalue weighted by Gasteiger charge is -2.39. The molecule has 3 N–H and O–H groups in total. The normalized spacial score (nSPS) is 19.9. The van der Waals surface area contributed by atoms with E-state index >= 15 is 0 Å².